The minimum atomic E-state index is 0.744. The number of hydrogen-bond donors (Lipinski definition) is 1. The molecule has 1 heterocycles. The van der Waals surface area contributed by atoms with Crippen molar-refractivity contribution >= 4 is 5.69 Å². The first-order valence-electron chi connectivity index (χ1n) is 8.81. The van der Waals surface area contributed by atoms with Gasteiger partial charge in [-0.3, -0.25) is 4.98 Å². The summed E-state index contributed by atoms with van der Waals surface area (Å²) in [6, 6.07) is 28.3. The molecule has 2 N–H and O–H groups in total. The van der Waals surface area contributed by atoms with E-state index >= 15 is 0 Å². The Morgan fingerprint density at radius 2 is 1.48 bits per heavy atom. The number of aromatic nitrogens is 1. The molecule has 0 saturated heterocycles. The summed E-state index contributed by atoms with van der Waals surface area (Å²) in [6.45, 7) is 0. The van der Waals surface area contributed by atoms with Gasteiger partial charge in [-0.2, -0.15) is 0 Å². The lowest BCUT2D eigenvalue weighted by molar-refractivity contribution is 0.416. The highest BCUT2D eigenvalue weighted by atomic mass is 16.5. The number of anilines is 1. The quantitative estimate of drug-likeness (QED) is 0.481. The van der Waals surface area contributed by atoms with Crippen LogP contribution in [0, 0.1) is 0 Å². The molecule has 4 aromatic rings. The molecule has 0 unspecified atom stereocenters. The van der Waals surface area contributed by atoms with Gasteiger partial charge in [-0.05, 0) is 47.0 Å². The standard InChI is InChI=1S/C24H20N2O/c1-27-24-10-6-5-9-21(24)23-16-19(13-14-26-23)20-12-11-18(15-22(20)25)17-7-3-2-4-8-17/h2-16H,25H2,1H3. The van der Waals surface area contributed by atoms with Crippen molar-refractivity contribution in [1.29, 1.82) is 0 Å². The largest absolute Gasteiger partial charge is 0.496 e. The molecule has 3 heteroatoms. The van der Waals surface area contributed by atoms with Crippen molar-refractivity contribution < 1.29 is 4.74 Å². The van der Waals surface area contributed by atoms with E-state index in [-0.39, 0.29) is 0 Å². The van der Waals surface area contributed by atoms with E-state index in [1.165, 1.54) is 0 Å². The minimum absolute atomic E-state index is 0.744. The van der Waals surface area contributed by atoms with Crippen molar-refractivity contribution in [1.82, 2.24) is 4.98 Å². The third-order valence-electron chi connectivity index (χ3n) is 4.61. The molecule has 3 nitrogen and oxygen atoms in total. The fourth-order valence-electron chi connectivity index (χ4n) is 3.24. The Kier molecular flexibility index (Phi) is 4.58. The van der Waals surface area contributed by atoms with Gasteiger partial charge < -0.3 is 10.5 Å². The van der Waals surface area contributed by atoms with Crippen LogP contribution < -0.4 is 10.5 Å². The van der Waals surface area contributed by atoms with Gasteiger partial charge in [0.1, 0.15) is 5.75 Å². The molecule has 0 amide bonds. The minimum Gasteiger partial charge on any atom is -0.496 e. The van der Waals surface area contributed by atoms with Gasteiger partial charge in [-0.1, -0.05) is 54.6 Å². The molecule has 0 aliphatic heterocycles. The zero-order chi connectivity index (χ0) is 18.6. The van der Waals surface area contributed by atoms with Crippen LogP contribution in [0.2, 0.25) is 0 Å². The fourth-order valence-corrected chi connectivity index (χ4v) is 3.24. The predicted molar refractivity (Wildman–Crippen MR) is 112 cm³/mol. The summed E-state index contributed by atoms with van der Waals surface area (Å²) in [7, 11) is 1.67. The molecule has 1 aromatic heterocycles. The smallest absolute Gasteiger partial charge is 0.128 e. The lowest BCUT2D eigenvalue weighted by atomic mass is 9.98. The molecule has 0 aliphatic carbocycles. The molecule has 0 radical (unpaired) electrons. The lowest BCUT2D eigenvalue weighted by Crippen LogP contribution is -1.93. The average Bonchev–Trinajstić information content (AvgIpc) is 2.74. The summed E-state index contributed by atoms with van der Waals surface area (Å²) in [5.74, 6) is 0.801. The molecule has 0 spiro atoms. The molecule has 4 rings (SSSR count). The first-order chi connectivity index (χ1) is 13.3. The van der Waals surface area contributed by atoms with Crippen molar-refractivity contribution in [2.75, 3.05) is 12.8 Å². The number of methoxy groups -OCH3 is 1. The van der Waals surface area contributed by atoms with Crippen molar-refractivity contribution in [3.8, 4) is 39.3 Å². The first kappa shape index (κ1) is 16.9. The van der Waals surface area contributed by atoms with Gasteiger partial charge in [0.25, 0.3) is 0 Å². The van der Waals surface area contributed by atoms with Crippen LogP contribution in [0.3, 0.4) is 0 Å². The summed E-state index contributed by atoms with van der Waals surface area (Å²) in [5.41, 5.74) is 13.2. The van der Waals surface area contributed by atoms with Gasteiger partial charge in [0.05, 0.1) is 12.8 Å². The number of nitrogens with zero attached hydrogens (tertiary/aromatic N) is 1. The summed E-state index contributed by atoms with van der Waals surface area (Å²) in [4.78, 5) is 4.52. The van der Waals surface area contributed by atoms with E-state index in [0.717, 1.165) is 44.9 Å². The highest BCUT2D eigenvalue weighted by molar-refractivity contribution is 5.83. The van der Waals surface area contributed by atoms with Gasteiger partial charge in [0.2, 0.25) is 0 Å². The highest BCUT2D eigenvalue weighted by Crippen LogP contribution is 2.34. The summed E-state index contributed by atoms with van der Waals surface area (Å²) >= 11 is 0. The van der Waals surface area contributed by atoms with Crippen molar-refractivity contribution in [3.63, 3.8) is 0 Å². The number of benzene rings is 3. The van der Waals surface area contributed by atoms with E-state index in [2.05, 4.69) is 29.2 Å². The Balaban J connectivity index is 1.74. The summed E-state index contributed by atoms with van der Waals surface area (Å²) in [5, 5.41) is 0. The van der Waals surface area contributed by atoms with E-state index in [0.29, 0.717) is 0 Å². The van der Waals surface area contributed by atoms with E-state index in [1.807, 2.05) is 66.9 Å². The molecule has 0 atom stereocenters. The Bertz CT molecular complexity index is 1070. The summed E-state index contributed by atoms with van der Waals surface area (Å²) in [6.07, 6.45) is 1.81. The monoisotopic (exact) mass is 352 g/mol. The van der Waals surface area contributed by atoms with Gasteiger partial charge in [0, 0.05) is 23.0 Å². The first-order valence-corrected chi connectivity index (χ1v) is 8.81. The van der Waals surface area contributed by atoms with Crippen LogP contribution in [0.1, 0.15) is 0 Å². The Hall–Kier alpha value is -3.59. The molecule has 3 aromatic carbocycles. The maximum atomic E-state index is 6.39. The van der Waals surface area contributed by atoms with Gasteiger partial charge in [0.15, 0.2) is 0 Å². The van der Waals surface area contributed by atoms with Crippen LogP contribution >= 0.6 is 0 Å². The van der Waals surface area contributed by atoms with Crippen LogP contribution in [0.15, 0.2) is 91.1 Å². The molecule has 0 aliphatic rings. The SMILES string of the molecule is COc1ccccc1-c1cc(-c2ccc(-c3ccccc3)cc2N)ccn1. The number of nitrogens with two attached hydrogens (primary N) is 1. The third kappa shape index (κ3) is 3.40. The zero-order valence-corrected chi connectivity index (χ0v) is 15.1. The maximum absolute atomic E-state index is 6.39. The Labute approximate surface area is 159 Å². The molecule has 132 valence electrons. The second-order valence-electron chi connectivity index (χ2n) is 6.30. The number of nitrogen functional groups attached to an aromatic ring is 1. The molecule has 27 heavy (non-hydrogen) atoms. The normalized spacial score (nSPS) is 10.6. The molecular formula is C24H20N2O. The van der Waals surface area contributed by atoms with Gasteiger partial charge in [-0.15, -0.1) is 0 Å². The number of ether oxygens (including phenoxy) is 1. The van der Waals surface area contributed by atoms with E-state index in [1.54, 1.807) is 7.11 Å². The van der Waals surface area contributed by atoms with E-state index in [9.17, 15) is 0 Å². The summed E-state index contributed by atoms with van der Waals surface area (Å²) < 4.78 is 5.47. The Morgan fingerprint density at radius 1 is 0.704 bits per heavy atom. The maximum Gasteiger partial charge on any atom is 0.128 e. The second-order valence-corrected chi connectivity index (χ2v) is 6.30. The second kappa shape index (κ2) is 7.34. The highest BCUT2D eigenvalue weighted by Gasteiger charge is 2.10. The average molecular weight is 352 g/mol. The number of pyridine rings is 1. The topological polar surface area (TPSA) is 48.1 Å². The Morgan fingerprint density at radius 3 is 2.26 bits per heavy atom. The van der Waals surface area contributed by atoms with Crippen molar-refractivity contribution in [2.45, 2.75) is 0 Å². The van der Waals surface area contributed by atoms with Crippen molar-refractivity contribution in [3.05, 3.63) is 91.1 Å². The van der Waals surface area contributed by atoms with E-state index in [4.69, 9.17) is 10.5 Å². The van der Waals surface area contributed by atoms with Crippen LogP contribution in [-0.2, 0) is 0 Å². The van der Waals surface area contributed by atoms with Crippen LogP contribution in [-0.4, -0.2) is 12.1 Å². The molecular weight excluding hydrogens is 332 g/mol. The van der Waals surface area contributed by atoms with Crippen LogP contribution in [0.4, 0.5) is 5.69 Å². The third-order valence-corrected chi connectivity index (χ3v) is 4.61. The number of rotatable bonds is 4. The zero-order valence-electron chi connectivity index (χ0n) is 15.1. The number of hydrogen-bond acceptors (Lipinski definition) is 3. The van der Waals surface area contributed by atoms with Crippen molar-refractivity contribution in [2.24, 2.45) is 0 Å². The molecule has 0 saturated carbocycles. The lowest BCUT2D eigenvalue weighted by Gasteiger charge is -2.11. The fraction of sp³-hybridized carbons (Fsp3) is 0.0417. The predicted octanol–water partition coefficient (Wildman–Crippen LogP) is 5.67. The molecule has 0 bridgehead atoms. The van der Waals surface area contributed by atoms with Crippen LogP contribution in [0.25, 0.3) is 33.5 Å². The molecule has 0 fully saturated rings. The van der Waals surface area contributed by atoms with Gasteiger partial charge in [-0.25, -0.2) is 0 Å². The van der Waals surface area contributed by atoms with Gasteiger partial charge >= 0.3 is 0 Å². The number of para-hydroxylation sites is 1. The van der Waals surface area contributed by atoms with E-state index < -0.39 is 0 Å². The van der Waals surface area contributed by atoms with Crippen LogP contribution in [0.5, 0.6) is 5.75 Å².